The molecule has 0 saturated carbocycles. The zero-order chi connectivity index (χ0) is 19.1. The van der Waals surface area contributed by atoms with Gasteiger partial charge in [-0.25, -0.2) is 4.79 Å². The lowest BCUT2D eigenvalue weighted by Crippen LogP contribution is -3.16. The topological polar surface area (TPSA) is 57.5 Å². The van der Waals surface area contributed by atoms with Gasteiger partial charge in [0.05, 0.1) is 36.9 Å². The third kappa shape index (κ3) is 3.32. The number of hydrogen-bond donors (Lipinski definition) is 2. The van der Waals surface area contributed by atoms with E-state index in [-0.39, 0.29) is 5.63 Å². The van der Waals surface area contributed by atoms with Crippen molar-refractivity contribution >= 4 is 22.6 Å². The molecule has 3 heterocycles. The van der Waals surface area contributed by atoms with Crippen LogP contribution >= 0.6 is 11.6 Å². The summed E-state index contributed by atoms with van der Waals surface area (Å²) in [6, 6.07) is 1.93. The van der Waals surface area contributed by atoms with Crippen molar-refractivity contribution in [3.8, 4) is 5.75 Å². The largest absolute Gasteiger partial charge is 0.443 e. The van der Waals surface area contributed by atoms with Crippen LogP contribution in [-0.4, -0.2) is 46.1 Å². The highest BCUT2D eigenvalue weighted by Gasteiger charge is 2.30. The van der Waals surface area contributed by atoms with E-state index in [1.165, 1.54) is 11.4 Å². The molecular weight excluding hydrogens is 380 g/mol. The molecule has 0 radical (unpaired) electrons. The maximum absolute atomic E-state index is 12.5. The second-order valence-electron chi connectivity index (χ2n) is 8.17. The van der Waals surface area contributed by atoms with E-state index in [0.29, 0.717) is 23.1 Å². The number of quaternary nitrogens is 2. The van der Waals surface area contributed by atoms with Crippen molar-refractivity contribution in [3.63, 3.8) is 0 Å². The van der Waals surface area contributed by atoms with Crippen molar-refractivity contribution in [2.24, 2.45) is 0 Å². The van der Waals surface area contributed by atoms with Crippen molar-refractivity contribution < 1.29 is 23.7 Å². The Labute approximate surface area is 168 Å². The quantitative estimate of drug-likeness (QED) is 0.700. The first-order valence-electron chi connectivity index (χ1n) is 10.4. The zero-order valence-corrected chi connectivity index (χ0v) is 16.8. The van der Waals surface area contributed by atoms with Gasteiger partial charge < -0.3 is 18.8 Å². The monoisotopic (exact) mass is 406 g/mol. The van der Waals surface area contributed by atoms with Gasteiger partial charge in [-0.1, -0.05) is 11.6 Å². The first-order chi connectivity index (χ1) is 13.7. The molecule has 5 rings (SSSR count). The smallest absolute Gasteiger partial charge is 0.339 e. The number of aryl methyl sites for hydroxylation is 1. The fourth-order valence-corrected chi connectivity index (χ4v) is 5.16. The first kappa shape index (κ1) is 18.4. The zero-order valence-electron chi connectivity index (χ0n) is 16.1. The Hall–Kier alpha value is -1.60. The normalized spacial score (nSPS) is 22.1. The van der Waals surface area contributed by atoms with Gasteiger partial charge in [-0.2, -0.15) is 0 Å². The maximum atomic E-state index is 12.5. The fourth-order valence-electron chi connectivity index (χ4n) is 4.88. The van der Waals surface area contributed by atoms with Crippen LogP contribution in [0.4, 0.5) is 0 Å². The van der Waals surface area contributed by atoms with Crippen LogP contribution in [0.1, 0.15) is 29.5 Å². The molecule has 6 nitrogen and oxygen atoms in total. The summed E-state index contributed by atoms with van der Waals surface area (Å²) >= 11 is 6.55. The van der Waals surface area contributed by atoms with E-state index in [9.17, 15) is 4.79 Å². The Morgan fingerprint density at radius 1 is 1.04 bits per heavy atom. The van der Waals surface area contributed by atoms with E-state index < -0.39 is 0 Å². The standard InChI is InChI=1S/C21H25ClN2O4/c22-18-11-16-14-3-1-4-15(14)21(25)28-19(16)17-12-24(13-27-20(17)18)6-2-5-23-7-9-26-10-8-23/h11H,1-10,12-13H2/p+2. The van der Waals surface area contributed by atoms with E-state index in [1.807, 2.05) is 6.07 Å². The van der Waals surface area contributed by atoms with Gasteiger partial charge in [0.1, 0.15) is 19.6 Å². The molecule has 28 heavy (non-hydrogen) atoms. The summed E-state index contributed by atoms with van der Waals surface area (Å²) < 4.78 is 17.2. The molecule has 2 aliphatic heterocycles. The van der Waals surface area contributed by atoms with Gasteiger partial charge in [-0.15, -0.1) is 0 Å². The average Bonchev–Trinajstić information content (AvgIpc) is 3.21. The summed E-state index contributed by atoms with van der Waals surface area (Å²) in [6.07, 6.45) is 3.87. The average molecular weight is 407 g/mol. The van der Waals surface area contributed by atoms with E-state index in [1.54, 1.807) is 4.90 Å². The van der Waals surface area contributed by atoms with Gasteiger partial charge in [-0.05, 0) is 30.9 Å². The molecule has 1 unspecified atom stereocenters. The van der Waals surface area contributed by atoms with Gasteiger partial charge in [0.2, 0.25) is 6.73 Å². The van der Waals surface area contributed by atoms with Crippen LogP contribution in [0.25, 0.3) is 11.0 Å². The lowest BCUT2D eigenvalue weighted by atomic mass is 10.0. The van der Waals surface area contributed by atoms with E-state index in [4.69, 9.17) is 25.5 Å². The van der Waals surface area contributed by atoms with Gasteiger partial charge in [-0.3, -0.25) is 4.90 Å². The summed E-state index contributed by atoms with van der Waals surface area (Å²) in [6.45, 7) is 7.53. The molecule has 0 spiro atoms. The van der Waals surface area contributed by atoms with E-state index in [0.717, 1.165) is 87.2 Å². The lowest BCUT2D eigenvalue weighted by Gasteiger charge is -2.28. The van der Waals surface area contributed by atoms with Gasteiger partial charge in [0.15, 0.2) is 11.3 Å². The van der Waals surface area contributed by atoms with Crippen molar-refractivity contribution in [2.45, 2.75) is 32.2 Å². The molecule has 0 amide bonds. The number of ether oxygens (including phenoxy) is 2. The number of benzene rings is 1. The molecule has 1 fully saturated rings. The van der Waals surface area contributed by atoms with Gasteiger partial charge in [0, 0.05) is 17.4 Å². The van der Waals surface area contributed by atoms with Crippen LogP contribution in [0.5, 0.6) is 5.75 Å². The second-order valence-corrected chi connectivity index (χ2v) is 8.58. The Bertz CT molecular complexity index is 952. The number of halogens is 1. The summed E-state index contributed by atoms with van der Waals surface area (Å²) in [5.74, 6) is 0.692. The highest BCUT2D eigenvalue weighted by molar-refractivity contribution is 6.33. The minimum Gasteiger partial charge on any atom is -0.443 e. The molecule has 1 aromatic carbocycles. The number of hydrogen-bond acceptors (Lipinski definition) is 4. The Morgan fingerprint density at radius 3 is 2.68 bits per heavy atom. The molecule has 0 bridgehead atoms. The summed E-state index contributed by atoms with van der Waals surface area (Å²) in [5.41, 5.74) is 3.40. The molecular formula is C21H27ClN2O4+2. The number of morpholine rings is 1. The molecule has 1 aromatic heterocycles. The molecule has 1 atom stereocenters. The Morgan fingerprint density at radius 2 is 1.82 bits per heavy atom. The van der Waals surface area contributed by atoms with Crippen molar-refractivity contribution in [2.75, 3.05) is 46.1 Å². The van der Waals surface area contributed by atoms with Crippen molar-refractivity contribution in [1.82, 2.24) is 0 Å². The maximum Gasteiger partial charge on any atom is 0.339 e. The van der Waals surface area contributed by atoms with E-state index >= 15 is 0 Å². The summed E-state index contributed by atoms with van der Waals surface area (Å²) in [7, 11) is 0. The first-order valence-corrected chi connectivity index (χ1v) is 10.8. The predicted octanol–water partition coefficient (Wildman–Crippen LogP) is -0.0249. The second kappa shape index (κ2) is 7.67. The van der Waals surface area contributed by atoms with E-state index in [2.05, 4.69) is 0 Å². The molecule has 1 saturated heterocycles. The highest BCUT2D eigenvalue weighted by atomic mass is 35.5. The molecule has 1 aliphatic carbocycles. The number of rotatable bonds is 4. The Kier molecular flexibility index (Phi) is 5.05. The van der Waals surface area contributed by atoms with Crippen LogP contribution in [-0.2, 0) is 24.1 Å². The Balaban J connectivity index is 1.38. The molecule has 3 aliphatic rings. The third-order valence-corrected chi connectivity index (χ3v) is 6.65. The van der Waals surface area contributed by atoms with Crippen LogP contribution in [0.3, 0.4) is 0 Å². The van der Waals surface area contributed by atoms with Gasteiger partial charge in [0.25, 0.3) is 0 Å². The summed E-state index contributed by atoms with van der Waals surface area (Å²) in [5, 5.41) is 1.63. The van der Waals surface area contributed by atoms with Crippen LogP contribution in [0, 0.1) is 0 Å². The van der Waals surface area contributed by atoms with Gasteiger partial charge >= 0.3 is 5.63 Å². The van der Waals surface area contributed by atoms with Crippen LogP contribution < -0.4 is 20.2 Å². The minimum atomic E-state index is -0.187. The lowest BCUT2D eigenvalue weighted by molar-refractivity contribution is -0.942. The van der Waals surface area contributed by atoms with Crippen molar-refractivity contribution in [3.05, 3.63) is 38.2 Å². The summed E-state index contributed by atoms with van der Waals surface area (Å²) in [4.78, 5) is 15.4. The van der Waals surface area contributed by atoms with Crippen LogP contribution in [0.2, 0.25) is 5.02 Å². The molecule has 2 aromatic rings. The SMILES string of the molecule is O=c1oc2c3c(c(Cl)cc2c2c1CCC2)OC[NH+](CCC[NH+]1CCOCC1)C3. The minimum absolute atomic E-state index is 0.187. The predicted molar refractivity (Wildman–Crippen MR) is 106 cm³/mol. The van der Waals surface area contributed by atoms with Crippen LogP contribution in [0.15, 0.2) is 15.3 Å². The molecule has 150 valence electrons. The van der Waals surface area contributed by atoms with Crippen molar-refractivity contribution in [1.29, 1.82) is 0 Å². The number of nitrogens with one attached hydrogen (secondary N) is 2. The third-order valence-electron chi connectivity index (χ3n) is 6.37. The molecule has 2 N–H and O–H groups in total. The molecule has 7 heteroatoms. The number of fused-ring (bicyclic) bond motifs is 5. The highest BCUT2D eigenvalue weighted by Crippen LogP contribution is 2.39. The fraction of sp³-hybridized carbons (Fsp3) is 0.571.